The zero-order valence-electron chi connectivity index (χ0n) is 13.4. The quantitative estimate of drug-likeness (QED) is 0.895. The molecule has 0 amide bonds. The summed E-state index contributed by atoms with van der Waals surface area (Å²) in [6.45, 7) is 6.48. The van der Waals surface area contributed by atoms with Crippen LogP contribution in [0.3, 0.4) is 0 Å². The number of nitrogens with one attached hydrogen (secondary N) is 1. The molecule has 21 heavy (non-hydrogen) atoms. The highest BCUT2D eigenvalue weighted by molar-refractivity contribution is 5.58. The number of rotatable bonds is 5. The van der Waals surface area contributed by atoms with Crippen LogP contribution in [-0.4, -0.2) is 29.1 Å². The molecule has 1 atom stereocenters. The van der Waals surface area contributed by atoms with Gasteiger partial charge in [0.1, 0.15) is 18.0 Å². The molecule has 2 aliphatic rings. The fourth-order valence-electron chi connectivity index (χ4n) is 4.04. The van der Waals surface area contributed by atoms with Gasteiger partial charge in [0.2, 0.25) is 0 Å². The number of nitrogens with zero attached hydrogens (tertiary/aromatic N) is 3. The highest BCUT2D eigenvalue weighted by atomic mass is 15.2. The minimum absolute atomic E-state index is 0.708. The summed E-state index contributed by atoms with van der Waals surface area (Å²) in [5.74, 6) is 3.06. The largest absolute Gasteiger partial charge is 0.370 e. The van der Waals surface area contributed by atoms with Crippen LogP contribution in [0.5, 0.6) is 0 Å². The molecule has 1 aromatic rings. The minimum atomic E-state index is 0.708. The summed E-state index contributed by atoms with van der Waals surface area (Å²) in [5, 5.41) is 3.43. The number of hydrogen-bond acceptors (Lipinski definition) is 4. The molecule has 1 N–H and O–H groups in total. The van der Waals surface area contributed by atoms with Crippen molar-refractivity contribution in [2.45, 2.75) is 64.8 Å². The van der Waals surface area contributed by atoms with E-state index in [1.165, 1.54) is 44.1 Å². The molecule has 1 aliphatic heterocycles. The first-order valence-electron chi connectivity index (χ1n) is 8.63. The molecule has 0 aromatic carbocycles. The van der Waals surface area contributed by atoms with Gasteiger partial charge in [-0.3, -0.25) is 0 Å². The molecule has 1 aliphatic carbocycles. The second kappa shape index (κ2) is 6.63. The third-order valence-electron chi connectivity index (χ3n) is 5.12. The number of aromatic nitrogens is 2. The Morgan fingerprint density at radius 2 is 2.00 bits per heavy atom. The van der Waals surface area contributed by atoms with Gasteiger partial charge in [-0.05, 0) is 44.9 Å². The molecule has 1 saturated heterocycles. The lowest BCUT2D eigenvalue weighted by Crippen LogP contribution is -2.35. The number of hydrogen-bond donors (Lipinski definition) is 1. The summed E-state index contributed by atoms with van der Waals surface area (Å²) >= 11 is 0. The fourth-order valence-corrected chi connectivity index (χ4v) is 4.04. The van der Waals surface area contributed by atoms with Gasteiger partial charge in [-0.25, -0.2) is 9.97 Å². The second-order valence-electron chi connectivity index (χ2n) is 6.55. The van der Waals surface area contributed by atoms with Gasteiger partial charge in [0.15, 0.2) is 0 Å². The van der Waals surface area contributed by atoms with Crippen LogP contribution >= 0.6 is 0 Å². The first kappa shape index (κ1) is 14.6. The van der Waals surface area contributed by atoms with E-state index >= 15 is 0 Å². The molecule has 1 saturated carbocycles. The molecule has 2 heterocycles. The Balaban J connectivity index is 1.81. The van der Waals surface area contributed by atoms with Crippen LogP contribution in [0.15, 0.2) is 6.33 Å². The molecule has 0 spiro atoms. The van der Waals surface area contributed by atoms with E-state index in [4.69, 9.17) is 0 Å². The lowest BCUT2D eigenvalue weighted by atomic mass is 9.96. The first-order valence-corrected chi connectivity index (χ1v) is 8.63. The SMILES string of the molecule is CCCNc1ncnc(N2CCCC2C2CCCC2)c1C. The van der Waals surface area contributed by atoms with Crippen LogP contribution in [0.2, 0.25) is 0 Å². The van der Waals surface area contributed by atoms with Gasteiger partial charge >= 0.3 is 0 Å². The van der Waals surface area contributed by atoms with E-state index < -0.39 is 0 Å². The first-order chi connectivity index (χ1) is 10.3. The average molecular weight is 288 g/mol. The summed E-state index contributed by atoms with van der Waals surface area (Å²) in [4.78, 5) is 11.6. The molecule has 116 valence electrons. The summed E-state index contributed by atoms with van der Waals surface area (Å²) in [5.41, 5.74) is 1.22. The Hall–Kier alpha value is -1.32. The van der Waals surface area contributed by atoms with E-state index in [0.717, 1.165) is 37.1 Å². The van der Waals surface area contributed by atoms with Crippen molar-refractivity contribution in [1.29, 1.82) is 0 Å². The van der Waals surface area contributed by atoms with E-state index in [2.05, 4.69) is 34.0 Å². The van der Waals surface area contributed by atoms with Crippen LogP contribution in [0.1, 0.15) is 57.4 Å². The second-order valence-corrected chi connectivity index (χ2v) is 6.55. The van der Waals surface area contributed by atoms with Crippen LogP contribution < -0.4 is 10.2 Å². The summed E-state index contributed by atoms with van der Waals surface area (Å²) in [6.07, 6.45) is 11.1. The van der Waals surface area contributed by atoms with Crippen molar-refractivity contribution in [3.8, 4) is 0 Å². The van der Waals surface area contributed by atoms with Crippen LogP contribution in [-0.2, 0) is 0 Å². The van der Waals surface area contributed by atoms with E-state index in [9.17, 15) is 0 Å². The molecule has 1 aromatic heterocycles. The molecule has 3 rings (SSSR count). The van der Waals surface area contributed by atoms with Gasteiger partial charge in [-0.15, -0.1) is 0 Å². The lowest BCUT2D eigenvalue weighted by Gasteiger charge is -2.31. The summed E-state index contributed by atoms with van der Waals surface area (Å²) in [7, 11) is 0. The Morgan fingerprint density at radius 1 is 1.19 bits per heavy atom. The maximum Gasteiger partial charge on any atom is 0.137 e. The van der Waals surface area contributed by atoms with E-state index in [-0.39, 0.29) is 0 Å². The van der Waals surface area contributed by atoms with Gasteiger partial charge in [-0.2, -0.15) is 0 Å². The lowest BCUT2D eigenvalue weighted by molar-refractivity contribution is 0.429. The Kier molecular flexibility index (Phi) is 4.61. The predicted molar refractivity (Wildman–Crippen MR) is 87.9 cm³/mol. The van der Waals surface area contributed by atoms with E-state index in [1.54, 1.807) is 6.33 Å². The highest BCUT2D eigenvalue weighted by Gasteiger charge is 2.34. The molecule has 0 radical (unpaired) electrons. The summed E-state index contributed by atoms with van der Waals surface area (Å²) in [6, 6.07) is 0.708. The van der Waals surface area contributed by atoms with Gasteiger partial charge in [0.05, 0.1) is 0 Å². The van der Waals surface area contributed by atoms with Crippen molar-refractivity contribution in [2.24, 2.45) is 5.92 Å². The van der Waals surface area contributed by atoms with Crippen molar-refractivity contribution in [3.63, 3.8) is 0 Å². The fraction of sp³-hybridized carbons (Fsp3) is 0.765. The van der Waals surface area contributed by atoms with Crippen molar-refractivity contribution in [2.75, 3.05) is 23.3 Å². The maximum atomic E-state index is 4.63. The van der Waals surface area contributed by atoms with Crippen LogP contribution in [0.25, 0.3) is 0 Å². The topological polar surface area (TPSA) is 41.1 Å². The normalized spacial score (nSPS) is 23.0. The molecule has 2 fully saturated rings. The highest BCUT2D eigenvalue weighted by Crippen LogP contribution is 2.38. The Bertz CT molecular complexity index is 468. The van der Waals surface area contributed by atoms with Gasteiger partial charge in [0, 0.05) is 24.7 Å². The molecule has 4 heteroatoms. The molecular formula is C17H28N4. The Labute approximate surface area is 128 Å². The van der Waals surface area contributed by atoms with E-state index in [0.29, 0.717) is 6.04 Å². The average Bonchev–Trinajstić information content (AvgIpc) is 3.16. The van der Waals surface area contributed by atoms with Crippen molar-refractivity contribution in [3.05, 3.63) is 11.9 Å². The zero-order valence-corrected chi connectivity index (χ0v) is 13.4. The maximum absolute atomic E-state index is 4.63. The standard InChI is InChI=1S/C17H28N4/c1-3-10-18-16-13(2)17(20-12-19-16)21-11-6-9-15(21)14-7-4-5-8-14/h12,14-15H,3-11H2,1-2H3,(H,18,19,20). The van der Waals surface area contributed by atoms with Gasteiger partial charge < -0.3 is 10.2 Å². The summed E-state index contributed by atoms with van der Waals surface area (Å²) < 4.78 is 0. The van der Waals surface area contributed by atoms with Gasteiger partial charge in [0.25, 0.3) is 0 Å². The zero-order chi connectivity index (χ0) is 14.7. The van der Waals surface area contributed by atoms with Crippen molar-refractivity contribution < 1.29 is 0 Å². The van der Waals surface area contributed by atoms with Crippen LogP contribution in [0.4, 0.5) is 11.6 Å². The third-order valence-corrected chi connectivity index (χ3v) is 5.12. The monoisotopic (exact) mass is 288 g/mol. The third kappa shape index (κ3) is 2.99. The predicted octanol–water partition coefficient (Wildman–Crippen LogP) is 3.77. The number of anilines is 2. The van der Waals surface area contributed by atoms with Crippen molar-refractivity contribution in [1.82, 2.24) is 9.97 Å². The molecular weight excluding hydrogens is 260 g/mol. The molecule has 1 unspecified atom stereocenters. The van der Waals surface area contributed by atoms with Crippen molar-refractivity contribution >= 4 is 11.6 Å². The van der Waals surface area contributed by atoms with Gasteiger partial charge in [-0.1, -0.05) is 19.8 Å². The molecule has 4 nitrogen and oxygen atoms in total. The van der Waals surface area contributed by atoms with E-state index in [1.807, 2.05) is 0 Å². The minimum Gasteiger partial charge on any atom is -0.370 e. The van der Waals surface area contributed by atoms with Crippen LogP contribution in [0, 0.1) is 12.8 Å². The molecule has 0 bridgehead atoms. The smallest absolute Gasteiger partial charge is 0.137 e. The Morgan fingerprint density at radius 3 is 2.76 bits per heavy atom.